The van der Waals surface area contributed by atoms with Crippen molar-refractivity contribution in [2.75, 3.05) is 17.7 Å². The Labute approximate surface area is 103 Å². The molecule has 1 aromatic heterocycles. The van der Waals surface area contributed by atoms with Gasteiger partial charge in [-0.3, -0.25) is 0 Å². The third-order valence-electron chi connectivity index (χ3n) is 3.22. The number of hydrogen-bond donors (Lipinski definition) is 2. The first-order chi connectivity index (χ1) is 8.13. The van der Waals surface area contributed by atoms with E-state index < -0.39 is 0 Å². The highest BCUT2D eigenvalue weighted by Gasteiger charge is 2.31. The summed E-state index contributed by atoms with van der Waals surface area (Å²) in [4.78, 5) is 4.42. The van der Waals surface area contributed by atoms with Gasteiger partial charge in [-0.25, -0.2) is 0 Å². The van der Waals surface area contributed by atoms with Gasteiger partial charge in [-0.15, -0.1) is 0 Å². The third-order valence-corrected chi connectivity index (χ3v) is 3.22. The second-order valence-corrected chi connectivity index (χ2v) is 4.98. The number of anilines is 2. The van der Waals surface area contributed by atoms with Crippen LogP contribution in [0.4, 0.5) is 11.5 Å². The average molecular weight is 235 g/mol. The van der Waals surface area contributed by atoms with Crippen LogP contribution in [-0.2, 0) is 0 Å². The van der Waals surface area contributed by atoms with Crippen molar-refractivity contribution < 1.29 is 4.74 Å². The molecule has 0 saturated heterocycles. The van der Waals surface area contributed by atoms with E-state index in [1.54, 1.807) is 0 Å². The van der Waals surface area contributed by atoms with Crippen LogP contribution in [0.15, 0.2) is 12.1 Å². The maximum Gasteiger partial charge on any atom is 0.239 e. The van der Waals surface area contributed by atoms with Crippen LogP contribution in [0.1, 0.15) is 39.5 Å². The fourth-order valence-electron chi connectivity index (χ4n) is 1.98. The molecule has 0 aliphatic heterocycles. The van der Waals surface area contributed by atoms with Gasteiger partial charge in [-0.2, -0.15) is 4.98 Å². The molecule has 0 unspecified atom stereocenters. The molecular weight excluding hydrogens is 214 g/mol. The zero-order chi connectivity index (χ0) is 12.3. The molecule has 0 spiro atoms. The molecule has 0 radical (unpaired) electrons. The fraction of sp³-hybridized carbons (Fsp3) is 0.615. The Hall–Kier alpha value is -1.45. The lowest BCUT2D eigenvalue weighted by molar-refractivity contribution is 0.299. The molecule has 0 aromatic carbocycles. The van der Waals surface area contributed by atoms with Crippen molar-refractivity contribution in [1.29, 1.82) is 0 Å². The van der Waals surface area contributed by atoms with Crippen molar-refractivity contribution in [3.05, 3.63) is 12.1 Å². The summed E-state index contributed by atoms with van der Waals surface area (Å²) >= 11 is 0. The van der Waals surface area contributed by atoms with E-state index in [4.69, 9.17) is 10.5 Å². The lowest BCUT2D eigenvalue weighted by atomic mass is 9.78. The summed E-state index contributed by atoms with van der Waals surface area (Å²) in [5.74, 6) is 1.40. The summed E-state index contributed by atoms with van der Waals surface area (Å²) in [5.41, 5.74) is 6.62. The minimum Gasteiger partial charge on any atom is -0.476 e. The normalized spacial score (nSPS) is 17.3. The van der Waals surface area contributed by atoms with Gasteiger partial charge in [0.25, 0.3) is 0 Å². The molecule has 1 aliphatic carbocycles. The number of rotatable bonds is 5. The molecule has 17 heavy (non-hydrogen) atoms. The zero-order valence-corrected chi connectivity index (χ0v) is 10.6. The first-order valence-electron chi connectivity index (χ1n) is 6.30. The highest BCUT2D eigenvalue weighted by molar-refractivity contribution is 5.54. The Morgan fingerprint density at radius 1 is 1.47 bits per heavy atom. The Morgan fingerprint density at radius 3 is 2.82 bits per heavy atom. The molecule has 1 aliphatic rings. The molecular formula is C13H21N3O. The molecule has 2 rings (SSSR count). The molecule has 1 aromatic rings. The van der Waals surface area contributed by atoms with E-state index in [1.807, 2.05) is 12.1 Å². The topological polar surface area (TPSA) is 60.2 Å². The van der Waals surface area contributed by atoms with Crippen molar-refractivity contribution in [3.63, 3.8) is 0 Å². The maximum absolute atomic E-state index is 5.83. The van der Waals surface area contributed by atoms with Gasteiger partial charge in [-0.05, 0) is 44.7 Å². The molecule has 0 atom stereocenters. The van der Waals surface area contributed by atoms with Gasteiger partial charge in [0, 0.05) is 5.54 Å². The Morgan fingerprint density at radius 2 is 2.24 bits per heavy atom. The van der Waals surface area contributed by atoms with Crippen molar-refractivity contribution >= 4 is 11.5 Å². The van der Waals surface area contributed by atoms with Gasteiger partial charge in [-0.1, -0.05) is 6.92 Å². The van der Waals surface area contributed by atoms with E-state index in [2.05, 4.69) is 24.1 Å². The van der Waals surface area contributed by atoms with Crippen LogP contribution < -0.4 is 15.8 Å². The van der Waals surface area contributed by atoms with Gasteiger partial charge in [0.15, 0.2) is 0 Å². The summed E-state index contributed by atoms with van der Waals surface area (Å²) in [5, 5.41) is 3.45. The summed E-state index contributed by atoms with van der Waals surface area (Å²) in [7, 11) is 0. The predicted octanol–water partition coefficient (Wildman–Crippen LogP) is 2.81. The van der Waals surface area contributed by atoms with E-state index in [-0.39, 0.29) is 5.54 Å². The molecule has 4 nitrogen and oxygen atoms in total. The number of nitrogens with zero attached hydrogens (tertiary/aromatic N) is 1. The monoisotopic (exact) mass is 235 g/mol. The Kier molecular flexibility index (Phi) is 3.41. The van der Waals surface area contributed by atoms with Crippen LogP contribution in [0.2, 0.25) is 0 Å². The van der Waals surface area contributed by atoms with Crippen molar-refractivity contribution in [3.8, 4) is 5.88 Å². The van der Waals surface area contributed by atoms with Crippen LogP contribution in [0, 0.1) is 0 Å². The first-order valence-corrected chi connectivity index (χ1v) is 6.30. The number of nitrogen functional groups attached to an aromatic ring is 1. The highest BCUT2D eigenvalue weighted by atomic mass is 16.5. The number of ether oxygens (including phenoxy) is 1. The smallest absolute Gasteiger partial charge is 0.239 e. The minimum absolute atomic E-state index is 0.200. The Balaban J connectivity index is 2.07. The van der Waals surface area contributed by atoms with Gasteiger partial charge >= 0.3 is 0 Å². The predicted molar refractivity (Wildman–Crippen MR) is 70.3 cm³/mol. The first kappa shape index (κ1) is 12.0. The minimum atomic E-state index is 0.200. The molecule has 3 N–H and O–H groups in total. The summed E-state index contributed by atoms with van der Waals surface area (Å²) in [6, 6.07) is 3.76. The van der Waals surface area contributed by atoms with Crippen LogP contribution in [-0.4, -0.2) is 17.1 Å². The quantitative estimate of drug-likeness (QED) is 0.824. The van der Waals surface area contributed by atoms with E-state index in [0.29, 0.717) is 18.2 Å². The van der Waals surface area contributed by atoms with E-state index in [9.17, 15) is 0 Å². The van der Waals surface area contributed by atoms with Gasteiger partial charge in [0.05, 0.1) is 12.3 Å². The number of nitrogens with one attached hydrogen (secondary N) is 1. The lowest BCUT2D eigenvalue weighted by Crippen LogP contribution is -2.41. The van der Waals surface area contributed by atoms with Crippen LogP contribution in [0.3, 0.4) is 0 Å². The zero-order valence-electron chi connectivity index (χ0n) is 10.6. The van der Waals surface area contributed by atoms with Gasteiger partial charge < -0.3 is 15.8 Å². The molecule has 0 bridgehead atoms. The fourth-order valence-corrected chi connectivity index (χ4v) is 1.98. The molecule has 94 valence electrons. The second-order valence-electron chi connectivity index (χ2n) is 4.98. The number of pyridine rings is 1. The van der Waals surface area contributed by atoms with Crippen molar-refractivity contribution in [2.24, 2.45) is 0 Å². The van der Waals surface area contributed by atoms with E-state index in [1.165, 1.54) is 19.3 Å². The van der Waals surface area contributed by atoms with Crippen LogP contribution in [0.5, 0.6) is 5.88 Å². The third kappa shape index (κ3) is 2.81. The maximum atomic E-state index is 5.83. The molecule has 1 heterocycles. The Bertz CT molecular complexity index is 388. The van der Waals surface area contributed by atoms with E-state index >= 15 is 0 Å². The molecule has 4 heteroatoms. The summed E-state index contributed by atoms with van der Waals surface area (Å²) < 4.78 is 5.52. The van der Waals surface area contributed by atoms with Crippen molar-refractivity contribution in [2.45, 2.75) is 45.1 Å². The summed E-state index contributed by atoms with van der Waals surface area (Å²) in [6.45, 7) is 4.94. The second kappa shape index (κ2) is 4.82. The largest absolute Gasteiger partial charge is 0.476 e. The number of hydrogen-bond acceptors (Lipinski definition) is 4. The molecule has 0 amide bonds. The van der Waals surface area contributed by atoms with Crippen LogP contribution >= 0.6 is 0 Å². The number of aromatic nitrogens is 1. The van der Waals surface area contributed by atoms with Crippen molar-refractivity contribution in [1.82, 2.24) is 4.98 Å². The highest BCUT2D eigenvalue weighted by Crippen LogP contribution is 2.35. The summed E-state index contributed by atoms with van der Waals surface area (Å²) in [6.07, 6.45) is 4.64. The van der Waals surface area contributed by atoms with Gasteiger partial charge in [0.2, 0.25) is 5.88 Å². The van der Waals surface area contributed by atoms with Crippen LogP contribution in [0.25, 0.3) is 0 Å². The lowest BCUT2D eigenvalue weighted by Gasteiger charge is -2.39. The standard InChI is InChI=1S/C13H21N3O/c1-3-9-17-12-10(14)5-6-11(15-12)16-13(2)7-4-8-13/h5-6H,3-4,7-9,14H2,1-2H3,(H,15,16). The average Bonchev–Trinajstić information content (AvgIpc) is 2.28. The molecule has 1 saturated carbocycles. The van der Waals surface area contributed by atoms with E-state index in [0.717, 1.165) is 12.2 Å². The molecule has 1 fully saturated rings. The SMILES string of the molecule is CCCOc1nc(NC2(C)CCC2)ccc1N. The number of nitrogens with two attached hydrogens (primary N) is 1. The van der Waals surface area contributed by atoms with Gasteiger partial charge in [0.1, 0.15) is 5.82 Å².